The van der Waals surface area contributed by atoms with Gasteiger partial charge in [0.25, 0.3) is 0 Å². The summed E-state index contributed by atoms with van der Waals surface area (Å²) in [5, 5.41) is 8.87. The SMILES string of the molecule is C=CCN(CCO)C(=O)Cc1cccc(N)c1. The van der Waals surface area contributed by atoms with Crippen LogP contribution in [-0.4, -0.2) is 35.6 Å². The minimum absolute atomic E-state index is 0.0375. The summed E-state index contributed by atoms with van der Waals surface area (Å²) in [6, 6.07) is 7.24. The minimum atomic E-state index is -0.0451. The van der Waals surface area contributed by atoms with Crippen LogP contribution >= 0.6 is 0 Å². The Balaban J connectivity index is 2.65. The molecule has 0 saturated heterocycles. The van der Waals surface area contributed by atoms with Crippen molar-refractivity contribution in [2.75, 3.05) is 25.4 Å². The second-order valence-electron chi connectivity index (χ2n) is 3.77. The Hall–Kier alpha value is -1.81. The number of nitrogens with zero attached hydrogens (tertiary/aromatic N) is 1. The average molecular weight is 234 g/mol. The molecular weight excluding hydrogens is 216 g/mol. The van der Waals surface area contributed by atoms with E-state index in [1.165, 1.54) is 0 Å². The van der Waals surface area contributed by atoms with Gasteiger partial charge in [-0.05, 0) is 17.7 Å². The van der Waals surface area contributed by atoms with Crippen molar-refractivity contribution in [1.29, 1.82) is 0 Å². The average Bonchev–Trinajstić information content (AvgIpc) is 2.28. The second kappa shape index (κ2) is 6.70. The Bertz CT molecular complexity index is 391. The molecule has 1 rings (SSSR count). The van der Waals surface area contributed by atoms with Gasteiger partial charge in [-0.1, -0.05) is 18.2 Å². The number of hydrogen-bond donors (Lipinski definition) is 2. The third-order valence-electron chi connectivity index (χ3n) is 2.38. The van der Waals surface area contributed by atoms with Crippen LogP contribution in [0.3, 0.4) is 0 Å². The standard InChI is InChI=1S/C13H18N2O2/c1-2-6-15(7-8-16)13(17)10-11-4-3-5-12(14)9-11/h2-5,9,16H,1,6-8,10,14H2. The summed E-state index contributed by atoms with van der Waals surface area (Å²) in [7, 11) is 0. The monoisotopic (exact) mass is 234 g/mol. The first kappa shape index (κ1) is 13.3. The van der Waals surface area contributed by atoms with Crippen LogP contribution < -0.4 is 5.73 Å². The molecule has 0 atom stereocenters. The lowest BCUT2D eigenvalue weighted by atomic mass is 10.1. The predicted octanol–water partition coefficient (Wildman–Crippen LogP) is 0.818. The van der Waals surface area contributed by atoms with E-state index < -0.39 is 0 Å². The Morgan fingerprint density at radius 3 is 2.88 bits per heavy atom. The van der Waals surface area contributed by atoms with E-state index in [1.54, 1.807) is 23.1 Å². The van der Waals surface area contributed by atoms with Gasteiger partial charge in [-0.3, -0.25) is 4.79 Å². The van der Waals surface area contributed by atoms with Crippen LogP contribution in [0.15, 0.2) is 36.9 Å². The van der Waals surface area contributed by atoms with Crippen molar-refractivity contribution in [1.82, 2.24) is 4.90 Å². The minimum Gasteiger partial charge on any atom is -0.399 e. The molecule has 4 nitrogen and oxygen atoms in total. The summed E-state index contributed by atoms with van der Waals surface area (Å²) >= 11 is 0. The van der Waals surface area contributed by atoms with Gasteiger partial charge in [-0.2, -0.15) is 0 Å². The number of nitrogens with two attached hydrogens (primary N) is 1. The smallest absolute Gasteiger partial charge is 0.227 e. The molecule has 0 aliphatic carbocycles. The fourth-order valence-electron chi connectivity index (χ4n) is 1.58. The molecule has 0 spiro atoms. The van der Waals surface area contributed by atoms with E-state index in [-0.39, 0.29) is 12.5 Å². The Kier molecular flexibility index (Phi) is 5.23. The zero-order valence-corrected chi connectivity index (χ0v) is 9.80. The van der Waals surface area contributed by atoms with Crippen LogP contribution in [0.4, 0.5) is 5.69 Å². The molecule has 0 aliphatic rings. The predicted molar refractivity (Wildman–Crippen MR) is 68.4 cm³/mol. The highest BCUT2D eigenvalue weighted by Gasteiger charge is 2.11. The lowest BCUT2D eigenvalue weighted by Gasteiger charge is -2.20. The molecule has 1 amide bonds. The van der Waals surface area contributed by atoms with E-state index in [4.69, 9.17) is 10.8 Å². The van der Waals surface area contributed by atoms with Gasteiger partial charge >= 0.3 is 0 Å². The zero-order valence-electron chi connectivity index (χ0n) is 9.80. The molecule has 4 heteroatoms. The second-order valence-corrected chi connectivity index (χ2v) is 3.77. The number of benzene rings is 1. The molecule has 1 aromatic rings. The first-order valence-corrected chi connectivity index (χ1v) is 5.51. The maximum absolute atomic E-state index is 11.9. The van der Waals surface area contributed by atoms with Crippen molar-refractivity contribution >= 4 is 11.6 Å². The zero-order chi connectivity index (χ0) is 12.7. The van der Waals surface area contributed by atoms with Crippen molar-refractivity contribution in [2.24, 2.45) is 0 Å². The normalized spacial score (nSPS) is 9.94. The van der Waals surface area contributed by atoms with E-state index in [1.807, 2.05) is 12.1 Å². The van der Waals surface area contributed by atoms with Crippen molar-refractivity contribution in [2.45, 2.75) is 6.42 Å². The largest absolute Gasteiger partial charge is 0.399 e. The molecular formula is C13H18N2O2. The van der Waals surface area contributed by atoms with Crippen LogP contribution in [-0.2, 0) is 11.2 Å². The highest BCUT2D eigenvalue weighted by Crippen LogP contribution is 2.08. The number of aliphatic hydroxyl groups excluding tert-OH is 1. The van der Waals surface area contributed by atoms with Crippen LogP contribution in [0, 0.1) is 0 Å². The van der Waals surface area contributed by atoms with Gasteiger partial charge in [-0.25, -0.2) is 0 Å². The van der Waals surface area contributed by atoms with Gasteiger partial charge in [0.2, 0.25) is 5.91 Å². The number of hydrogen-bond acceptors (Lipinski definition) is 3. The number of aliphatic hydroxyl groups is 1. The van der Waals surface area contributed by atoms with Gasteiger partial charge in [0.1, 0.15) is 0 Å². The fraction of sp³-hybridized carbons (Fsp3) is 0.308. The highest BCUT2D eigenvalue weighted by atomic mass is 16.3. The lowest BCUT2D eigenvalue weighted by molar-refractivity contribution is -0.130. The summed E-state index contributed by atoms with van der Waals surface area (Å²) in [6.07, 6.45) is 1.94. The fourth-order valence-corrected chi connectivity index (χ4v) is 1.58. The topological polar surface area (TPSA) is 66.6 Å². The first-order chi connectivity index (χ1) is 8.17. The van der Waals surface area contributed by atoms with Gasteiger partial charge < -0.3 is 15.7 Å². The summed E-state index contributed by atoms with van der Waals surface area (Å²) in [4.78, 5) is 13.5. The quantitative estimate of drug-likeness (QED) is 0.565. The molecule has 1 aromatic carbocycles. The van der Waals surface area contributed by atoms with Crippen molar-refractivity contribution in [3.05, 3.63) is 42.5 Å². The molecule has 0 aliphatic heterocycles. The van der Waals surface area contributed by atoms with E-state index in [0.29, 0.717) is 25.2 Å². The molecule has 0 heterocycles. The molecule has 0 saturated carbocycles. The molecule has 3 N–H and O–H groups in total. The molecule has 17 heavy (non-hydrogen) atoms. The van der Waals surface area contributed by atoms with Crippen molar-refractivity contribution in [3.8, 4) is 0 Å². The molecule has 0 radical (unpaired) electrons. The number of rotatable bonds is 6. The van der Waals surface area contributed by atoms with E-state index in [0.717, 1.165) is 5.56 Å². The Labute approximate surface area is 101 Å². The maximum Gasteiger partial charge on any atom is 0.227 e. The summed E-state index contributed by atoms with van der Waals surface area (Å²) < 4.78 is 0. The number of anilines is 1. The van der Waals surface area contributed by atoms with Gasteiger partial charge in [0.05, 0.1) is 13.0 Å². The molecule has 92 valence electrons. The van der Waals surface area contributed by atoms with Gasteiger partial charge in [-0.15, -0.1) is 6.58 Å². The Morgan fingerprint density at radius 2 is 2.29 bits per heavy atom. The van der Waals surface area contributed by atoms with Crippen LogP contribution in [0.2, 0.25) is 0 Å². The van der Waals surface area contributed by atoms with Gasteiger partial charge in [0.15, 0.2) is 0 Å². The molecule has 0 bridgehead atoms. The molecule has 0 unspecified atom stereocenters. The van der Waals surface area contributed by atoms with Crippen LogP contribution in [0.5, 0.6) is 0 Å². The van der Waals surface area contributed by atoms with Gasteiger partial charge in [0, 0.05) is 18.8 Å². The van der Waals surface area contributed by atoms with E-state index >= 15 is 0 Å². The number of amides is 1. The van der Waals surface area contributed by atoms with E-state index in [2.05, 4.69) is 6.58 Å². The molecule has 0 fully saturated rings. The number of nitrogen functional groups attached to an aromatic ring is 1. The van der Waals surface area contributed by atoms with Crippen LogP contribution in [0.1, 0.15) is 5.56 Å². The van der Waals surface area contributed by atoms with E-state index in [9.17, 15) is 4.79 Å². The summed E-state index contributed by atoms with van der Waals surface area (Å²) in [6.45, 7) is 4.32. The van der Waals surface area contributed by atoms with Crippen molar-refractivity contribution in [3.63, 3.8) is 0 Å². The lowest BCUT2D eigenvalue weighted by Crippen LogP contribution is -2.34. The van der Waals surface area contributed by atoms with Crippen molar-refractivity contribution < 1.29 is 9.90 Å². The Morgan fingerprint density at radius 1 is 1.53 bits per heavy atom. The maximum atomic E-state index is 11.9. The number of carbonyl (C=O) groups excluding carboxylic acids is 1. The first-order valence-electron chi connectivity index (χ1n) is 5.51. The third kappa shape index (κ3) is 4.28. The van der Waals surface area contributed by atoms with Crippen LogP contribution in [0.25, 0.3) is 0 Å². The third-order valence-corrected chi connectivity index (χ3v) is 2.38. The summed E-state index contributed by atoms with van der Waals surface area (Å²) in [5.41, 5.74) is 7.17. The molecule has 0 aromatic heterocycles. The number of carbonyl (C=O) groups is 1. The highest BCUT2D eigenvalue weighted by molar-refractivity contribution is 5.79. The summed E-state index contributed by atoms with van der Waals surface area (Å²) in [5.74, 6) is -0.0375.